The van der Waals surface area contributed by atoms with Crippen LogP contribution in [0.1, 0.15) is 15.9 Å². The number of esters is 1. The number of nitrogens with one attached hydrogen (secondary N) is 1. The quantitative estimate of drug-likeness (QED) is 0.740. The molecule has 0 atom stereocenters. The number of carbonyl (C=O) groups is 1. The first-order valence-electron chi connectivity index (χ1n) is 7.33. The van der Waals surface area contributed by atoms with E-state index in [1.54, 1.807) is 36.8 Å². The fraction of sp³-hybridized carbons (Fsp3) is 0.111. The standard InChI is InChI=1S/C18H16FN3O2/c1-12-10-20-17(21-15-5-3-14(19)4-6-15)9-16(12)22-8-7-13(11-22)18(23)24-2/h3-11H,1-2H3,(H,20,21). The Balaban J connectivity index is 1.90. The normalized spacial score (nSPS) is 10.5. The Bertz CT molecular complexity index is 872. The van der Waals surface area contributed by atoms with E-state index in [4.69, 9.17) is 4.74 Å². The van der Waals surface area contributed by atoms with Crippen molar-refractivity contribution in [2.75, 3.05) is 12.4 Å². The van der Waals surface area contributed by atoms with Gasteiger partial charge in [-0.3, -0.25) is 0 Å². The van der Waals surface area contributed by atoms with Crippen LogP contribution in [-0.4, -0.2) is 22.6 Å². The lowest BCUT2D eigenvalue weighted by atomic mass is 10.2. The van der Waals surface area contributed by atoms with Crippen molar-refractivity contribution in [3.63, 3.8) is 0 Å². The molecule has 3 rings (SSSR count). The number of pyridine rings is 1. The Morgan fingerprint density at radius 2 is 2.00 bits per heavy atom. The highest BCUT2D eigenvalue weighted by molar-refractivity contribution is 5.89. The zero-order valence-electron chi connectivity index (χ0n) is 13.3. The number of aryl methyl sites for hydroxylation is 1. The molecule has 0 saturated carbocycles. The highest BCUT2D eigenvalue weighted by Gasteiger charge is 2.10. The van der Waals surface area contributed by atoms with E-state index in [1.807, 2.05) is 17.6 Å². The molecule has 0 amide bonds. The molecule has 6 heteroatoms. The van der Waals surface area contributed by atoms with E-state index in [0.29, 0.717) is 11.4 Å². The Morgan fingerprint density at radius 1 is 1.25 bits per heavy atom. The van der Waals surface area contributed by atoms with Crippen molar-refractivity contribution in [3.8, 4) is 5.69 Å². The lowest BCUT2D eigenvalue weighted by Gasteiger charge is -2.11. The summed E-state index contributed by atoms with van der Waals surface area (Å²) in [6, 6.07) is 9.60. The Hall–Kier alpha value is -3.15. The van der Waals surface area contributed by atoms with Crippen LogP contribution in [0.3, 0.4) is 0 Å². The summed E-state index contributed by atoms with van der Waals surface area (Å²) in [6.45, 7) is 1.93. The van der Waals surface area contributed by atoms with Crippen molar-refractivity contribution < 1.29 is 13.9 Å². The molecule has 0 saturated heterocycles. The van der Waals surface area contributed by atoms with Gasteiger partial charge in [-0.2, -0.15) is 0 Å². The molecular formula is C18H16FN3O2. The van der Waals surface area contributed by atoms with Gasteiger partial charge in [0, 0.05) is 30.3 Å². The first-order valence-corrected chi connectivity index (χ1v) is 7.33. The number of hydrogen-bond donors (Lipinski definition) is 1. The maximum Gasteiger partial charge on any atom is 0.339 e. The molecule has 2 heterocycles. The van der Waals surface area contributed by atoms with Gasteiger partial charge in [0.1, 0.15) is 11.6 Å². The van der Waals surface area contributed by atoms with Crippen molar-refractivity contribution in [1.82, 2.24) is 9.55 Å². The van der Waals surface area contributed by atoms with Crippen LogP contribution in [0.5, 0.6) is 0 Å². The summed E-state index contributed by atoms with van der Waals surface area (Å²) in [5.74, 6) is -0.0542. The third-order valence-electron chi connectivity index (χ3n) is 3.58. The molecule has 0 unspecified atom stereocenters. The highest BCUT2D eigenvalue weighted by atomic mass is 19.1. The number of carbonyl (C=O) groups excluding carboxylic acids is 1. The first kappa shape index (κ1) is 15.7. The Labute approximate surface area is 138 Å². The van der Waals surface area contributed by atoms with Gasteiger partial charge in [0.15, 0.2) is 0 Å². The van der Waals surface area contributed by atoms with Crippen molar-refractivity contribution in [2.24, 2.45) is 0 Å². The maximum absolute atomic E-state index is 13.0. The average molecular weight is 325 g/mol. The zero-order chi connectivity index (χ0) is 17.1. The Morgan fingerprint density at radius 3 is 2.71 bits per heavy atom. The van der Waals surface area contributed by atoms with Gasteiger partial charge in [-0.15, -0.1) is 0 Å². The zero-order valence-corrected chi connectivity index (χ0v) is 13.3. The average Bonchev–Trinajstić information content (AvgIpc) is 3.08. The number of ether oxygens (including phenoxy) is 1. The number of rotatable bonds is 4. The minimum Gasteiger partial charge on any atom is -0.465 e. The monoisotopic (exact) mass is 325 g/mol. The summed E-state index contributed by atoms with van der Waals surface area (Å²) in [6.07, 6.45) is 5.23. The van der Waals surface area contributed by atoms with E-state index in [0.717, 1.165) is 16.9 Å². The fourth-order valence-electron chi connectivity index (χ4n) is 2.33. The van der Waals surface area contributed by atoms with Crippen molar-refractivity contribution in [2.45, 2.75) is 6.92 Å². The third-order valence-corrected chi connectivity index (χ3v) is 3.58. The molecule has 0 bridgehead atoms. The van der Waals surface area contributed by atoms with Crippen molar-refractivity contribution in [3.05, 3.63) is 71.9 Å². The minimum atomic E-state index is -0.384. The number of benzene rings is 1. The predicted octanol–water partition coefficient (Wildman–Crippen LogP) is 3.85. The van der Waals surface area contributed by atoms with E-state index in [2.05, 4.69) is 10.3 Å². The molecule has 0 aliphatic heterocycles. The number of anilines is 2. The van der Waals surface area contributed by atoms with E-state index < -0.39 is 0 Å². The van der Waals surface area contributed by atoms with Gasteiger partial charge in [-0.05, 0) is 42.8 Å². The lowest BCUT2D eigenvalue weighted by molar-refractivity contribution is 0.0601. The number of halogens is 1. The van der Waals surface area contributed by atoms with E-state index in [-0.39, 0.29) is 11.8 Å². The molecule has 0 fully saturated rings. The van der Waals surface area contributed by atoms with Gasteiger partial charge in [-0.25, -0.2) is 14.2 Å². The second-order valence-corrected chi connectivity index (χ2v) is 5.29. The Kier molecular flexibility index (Phi) is 4.29. The summed E-state index contributed by atoms with van der Waals surface area (Å²) in [5.41, 5.74) is 3.04. The lowest BCUT2D eigenvalue weighted by Crippen LogP contribution is -2.01. The SMILES string of the molecule is COC(=O)c1ccn(-c2cc(Nc3ccc(F)cc3)ncc2C)c1. The molecule has 0 spiro atoms. The van der Waals surface area contributed by atoms with Crippen LogP contribution in [0.2, 0.25) is 0 Å². The molecule has 3 aromatic rings. The van der Waals surface area contributed by atoms with Gasteiger partial charge in [0.05, 0.1) is 18.4 Å². The van der Waals surface area contributed by atoms with E-state index in [1.165, 1.54) is 19.2 Å². The van der Waals surface area contributed by atoms with Crippen LogP contribution in [-0.2, 0) is 4.74 Å². The topological polar surface area (TPSA) is 56.1 Å². The highest BCUT2D eigenvalue weighted by Crippen LogP contribution is 2.21. The number of hydrogen-bond acceptors (Lipinski definition) is 4. The molecule has 5 nitrogen and oxygen atoms in total. The molecule has 0 aliphatic rings. The predicted molar refractivity (Wildman–Crippen MR) is 89.3 cm³/mol. The summed E-state index contributed by atoms with van der Waals surface area (Å²) in [4.78, 5) is 15.9. The summed E-state index contributed by atoms with van der Waals surface area (Å²) < 4.78 is 19.5. The molecule has 24 heavy (non-hydrogen) atoms. The molecule has 0 radical (unpaired) electrons. The van der Waals surface area contributed by atoms with E-state index >= 15 is 0 Å². The van der Waals surface area contributed by atoms with Crippen LogP contribution in [0.15, 0.2) is 55.0 Å². The fourth-order valence-corrected chi connectivity index (χ4v) is 2.33. The molecule has 0 aliphatic carbocycles. The number of nitrogens with zero attached hydrogens (tertiary/aromatic N) is 2. The molecule has 1 N–H and O–H groups in total. The van der Waals surface area contributed by atoms with Crippen LogP contribution in [0.25, 0.3) is 5.69 Å². The van der Waals surface area contributed by atoms with Crippen molar-refractivity contribution >= 4 is 17.5 Å². The number of aromatic nitrogens is 2. The summed E-state index contributed by atoms with van der Waals surface area (Å²) >= 11 is 0. The van der Waals surface area contributed by atoms with Crippen molar-refractivity contribution in [1.29, 1.82) is 0 Å². The third kappa shape index (κ3) is 3.27. The van der Waals surface area contributed by atoms with Gasteiger partial charge in [-0.1, -0.05) is 0 Å². The van der Waals surface area contributed by atoms with E-state index in [9.17, 15) is 9.18 Å². The minimum absolute atomic E-state index is 0.291. The molecular weight excluding hydrogens is 309 g/mol. The van der Waals surface area contributed by atoms with Crippen LogP contribution in [0, 0.1) is 12.7 Å². The summed E-state index contributed by atoms with van der Waals surface area (Å²) in [5, 5.41) is 3.13. The van der Waals surface area contributed by atoms with Gasteiger partial charge in [0.2, 0.25) is 0 Å². The molecule has 1 aromatic carbocycles. The van der Waals surface area contributed by atoms with Crippen LogP contribution < -0.4 is 5.32 Å². The molecule has 122 valence electrons. The summed E-state index contributed by atoms with van der Waals surface area (Å²) in [7, 11) is 1.35. The van der Waals surface area contributed by atoms with Gasteiger partial charge < -0.3 is 14.6 Å². The second kappa shape index (κ2) is 6.54. The number of methoxy groups -OCH3 is 1. The van der Waals surface area contributed by atoms with Gasteiger partial charge >= 0.3 is 5.97 Å². The molecule has 2 aromatic heterocycles. The maximum atomic E-state index is 13.0. The van der Waals surface area contributed by atoms with Crippen LogP contribution in [0.4, 0.5) is 15.9 Å². The van der Waals surface area contributed by atoms with Gasteiger partial charge in [0.25, 0.3) is 0 Å². The second-order valence-electron chi connectivity index (χ2n) is 5.29. The first-order chi connectivity index (χ1) is 11.6. The smallest absolute Gasteiger partial charge is 0.339 e. The van der Waals surface area contributed by atoms with Crippen LogP contribution >= 0.6 is 0 Å². The largest absolute Gasteiger partial charge is 0.465 e.